The summed E-state index contributed by atoms with van der Waals surface area (Å²) in [7, 11) is -0.836. The van der Waals surface area contributed by atoms with Crippen molar-refractivity contribution < 1.29 is 17.9 Å². The van der Waals surface area contributed by atoms with E-state index < -0.39 is 15.7 Å². The second-order valence-electron chi connectivity index (χ2n) is 8.39. The second kappa shape index (κ2) is 9.42. The highest BCUT2D eigenvalue weighted by molar-refractivity contribution is 7.91. The van der Waals surface area contributed by atoms with Crippen molar-refractivity contribution >= 4 is 32.5 Å². The van der Waals surface area contributed by atoms with E-state index in [9.17, 15) is 18.0 Å². The predicted molar refractivity (Wildman–Crippen MR) is 135 cm³/mol. The number of aromatic nitrogens is 2. The number of benzene rings is 3. The van der Waals surface area contributed by atoms with Gasteiger partial charge in [-0.25, -0.2) is 13.2 Å². The zero-order valence-corrected chi connectivity index (χ0v) is 20.8. The molecule has 1 heterocycles. The molecule has 1 amide bonds. The number of hydrogen-bond donors (Lipinski definition) is 1. The number of sulfone groups is 1. The quantitative estimate of drug-likeness (QED) is 0.424. The first kappa shape index (κ1) is 24.3. The van der Waals surface area contributed by atoms with Crippen LogP contribution in [0.1, 0.15) is 18.1 Å². The van der Waals surface area contributed by atoms with Crippen LogP contribution in [0.25, 0.3) is 11.0 Å². The zero-order chi connectivity index (χ0) is 25.3. The molecule has 9 heteroatoms. The number of anilines is 1. The molecule has 4 rings (SSSR count). The van der Waals surface area contributed by atoms with Crippen molar-refractivity contribution in [3.8, 4) is 5.75 Å². The predicted octanol–water partition coefficient (Wildman–Crippen LogP) is 3.60. The fourth-order valence-electron chi connectivity index (χ4n) is 3.85. The number of aryl methyl sites for hydroxylation is 4. The van der Waals surface area contributed by atoms with Gasteiger partial charge in [-0.05, 0) is 55.3 Å². The van der Waals surface area contributed by atoms with Gasteiger partial charge in [0.2, 0.25) is 9.84 Å². The van der Waals surface area contributed by atoms with Gasteiger partial charge in [0, 0.05) is 14.1 Å². The third-order valence-corrected chi connectivity index (χ3v) is 7.78. The summed E-state index contributed by atoms with van der Waals surface area (Å²) in [4.78, 5) is 25.2. The Morgan fingerprint density at radius 1 is 0.943 bits per heavy atom. The number of ether oxygens (including phenoxy) is 1. The molecule has 0 spiro atoms. The van der Waals surface area contributed by atoms with Crippen molar-refractivity contribution in [1.29, 1.82) is 0 Å². The minimum atomic E-state index is -4.00. The Kier molecular flexibility index (Phi) is 6.53. The van der Waals surface area contributed by atoms with Crippen LogP contribution in [0, 0.1) is 6.92 Å². The molecule has 0 aliphatic carbocycles. The average molecular weight is 494 g/mol. The molecule has 182 valence electrons. The van der Waals surface area contributed by atoms with Crippen LogP contribution in [-0.4, -0.2) is 30.1 Å². The number of hydrogen-bond acceptors (Lipinski definition) is 5. The fraction of sp³-hybridized carbons (Fsp3) is 0.231. The number of imidazole rings is 1. The average Bonchev–Trinajstić information content (AvgIpc) is 3.06. The van der Waals surface area contributed by atoms with Gasteiger partial charge >= 0.3 is 5.69 Å². The third kappa shape index (κ3) is 4.72. The summed E-state index contributed by atoms with van der Waals surface area (Å²) in [6, 6.07) is 16.8. The van der Waals surface area contributed by atoms with Crippen molar-refractivity contribution in [2.24, 2.45) is 14.1 Å². The van der Waals surface area contributed by atoms with E-state index in [-0.39, 0.29) is 27.8 Å². The molecule has 0 radical (unpaired) electrons. The number of nitrogens with zero attached hydrogens (tertiary/aromatic N) is 2. The van der Waals surface area contributed by atoms with Gasteiger partial charge < -0.3 is 10.1 Å². The lowest BCUT2D eigenvalue weighted by molar-refractivity contribution is -0.118. The molecule has 0 saturated carbocycles. The van der Waals surface area contributed by atoms with E-state index in [4.69, 9.17) is 4.74 Å². The highest BCUT2D eigenvalue weighted by Crippen LogP contribution is 2.32. The molecular formula is C26H27N3O5S. The largest absolute Gasteiger partial charge is 0.484 e. The summed E-state index contributed by atoms with van der Waals surface area (Å²) in [6.07, 6.45) is 0.892. The zero-order valence-electron chi connectivity index (χ0n) is 20.0. The Hall–Kier alpha value is -3.85. The van der Waals surface area contributed by atoms with E-state index in [0.717, 1.165) is 17.5 Å². The van der Waals surface area contributed by atoms with Crippen LogP contribution in [0.5, 0.6) is 5.75 Å². The molecule has 0 aliphatic rings. The molecule has 3 aromatic carbocycles. The molecule has 0 fully saturated rings. The van der Waals surface area contributed by atoms with Crippen molar-refractivity contribution in [3.63, 3.8) is 0 Å². The smallest absolute Gasteiger partial charge is 0.328 e. The Morgan fingerprint density at radius 2 is 1.54 bits per heavy atom. The Balaban J connectivity index is 1.72. The van der Waals surface area contributed by atoms with Crippen molar-refractivity contribution in [2.45, 2.75) is 30.1 Å². The van der Waals surface area contributed by atoms with Crippen LogP contribution < -0.4 is 15.7 Å². The molecule has 8 nitrogen and oxygen atoms in total. The van der Waals surface area contributed by atoms with Gasteiger partial charge in [0.25, 0.3) is 5.91 Å². The number of nitrogens with one attached hydrogen (secondary N) is 1. The van der Waals surface area contributed by atoms with Gasteiger partial charge in [-0.2, -0.15) is 0 Å². The number of carbonyl (C=O) groups is 1. The Morgan fingerprint density at radius 3 is 2.14 bits per heavy atom. The summed E-state index contributed by atoms with van der Waals surface area (Å²) in [5.41, 5.74) is 2.77. The molecule has 0 aliphatic heterocycles. The molecule has 1 N–H and O–H groups in total. The summed E-state index contributed by atoms with van der Waals surface area (Å²) in [5.74, 6) is 0.0102. The van der Waals surface area contributed by atoms with Crippen LogP contribution in [0.15, 0.2) is 75.2 Å². The van der Waals surface area contributed by atoms with Crippen molar-refractivity contribution in [2.75, 3.05) is 11.9 Å². The minimum absolute atomic E-state index is 0.0780. The lowest BCUT2D eigenvalue weighted by Gasteiger charge is -2.14. The normalized spacial score (nSPS) is 11.5. The van der Waals surface area contributed by atoms with Gasteiger partial charge in [-0.15, -0.1) is 0 Å². The molecule has 0 unspecified atom stereocenters. The van der Waals surface area contributed by atoms with Crippen LogP contribution in [0.4, 0.5) is 5.69 Å². The maximum absolute atomic E-state index is 13.6. The highest BCUT2D eigenvalue weighted by Gasteiger charge is 2.25. The molecule has 0 bridgehead atoms. The molecule has 4 aromatic rings. The van der Waals surface area contributed by atoms with E-state index in [2.05, 4.69) is 5.32 Å². The molecular weight excluding hydrogens is 466 g/mol. The second-order valence-corrected chi connectivity index (χ2v) is 10.3. The number of carbonyl (C=O) groups excluding carboxylic acids is 1. The monoisotopic (exact) mass is 493 g/mol. The first-order valence-electron chi connectivity index (χ1n) is 11.1. The van der Waals surface area contributed by atoms with Crippen LogP contribution in [0.2, 0.25) is 0 Å². The third-order valence-electron chi connectivity index (χ3n) is 5.97. The number of amides is 1. The Labute approximate surface area is 203 Å². The first-order valence-corrected chi connectivity index (χ1v) is 12.6. The summed E-state index contributed by atoms with van der Waals surface area (Å²) in [5, 5.41) is 2.67. The van der Waals surface area contributed by atoms with Crippen LogP contribution in [-0.2, 0) is 35.1 Å². The van der Waals surface area contributed by atoms with Gasteiger partial charge in [-0.1, -0.05) is 36.8 Å². The minimum Gasteiger partial charge on any atom is -0.484 e. The van der Waals surface area contributed by atoms with E-state index in [1.807, 2.05) is 26.0 Å². The standard InChI is InChI=1S/C26H27N3O5S/c1-5-18-8-10-19(11-9-18)34-16-25(30)27-21-14-22-23(29(4)26(31)28(22)3)15-24(21)35(32,33)20-12-6-17(2)7-13-20/h6-15H,5,16H2,1-4H3,(H,27,30). The van der Waals surface area contributed by atoms with Gasteiger partial charge in [-0.3, -0.25) is 13.9 Å². The Bertz CT molecular complexity index is 1560. The van der Waals surface area contributed by atoms with Crippen LogP contribution >= 0.6 is 0 Å². The lowest BCUT2D eigenvalue weighted by Crippen LogP contribution is -2.21. The first-order chi connectivity index (χ1) is 16.6. The van der Waals surface area contributed by atoms with Gasteiger partial charge in [0.1, 0.15) is 5.75 Å². The molecule has 35 heavy (non-hydrogen) atoms. The van der Waals surface area contributed by atoms with Crippen molar-refractivity contribution in [1.82, 2.24) is 9.13 Å². The van der Waals surface area contributed by atoms with Crippen molar-refractivity contribution in [3.05, 3.63) is 82.3 Å². The summed E-state index contributed by atoms with van der Waals surface area (Å²) in [6.45, 7) is 3.61. The SMILES string of the molecule is CCc1ccc(OCC(=O)Nc2cc3c(cc2S(=O)(=O)c2ccc(C)cc2)n(C)c(=O)n3C)cc1. The fourth-order valence-corrected chi connectivity index (χ4v) is 5.26. The summed E-state index contributed by atoms with van der Waals surface area (Å²) >= 11 is 0. The topological polar surface area (TPSA) is 99.4 Å². The van der Waals surface area contributed by atoms with Gasteiger partial charge in [0.15, 0.2) is 6.61 Å². The molecule has 0 saturated heterocycles. The van der Waals surface area contributed by atoms with E-state index >= 15 is 0 Å². The van der Waals surface area contributed by atoms with Crippen LogP contribution in [0.3, 0.4) is 0 Å². The van der Waals surface area contributed by atoms with Gasteiger partial charge in [0.05, 0.1) is 26.5 Å². The maximum atomic E-state index is 13.6. The number of fused-ring (bicyclic) bond motifs is 1. The van der Waals surface area contributed by atoms with E-state index in [1.54, 1.807) is 38.4 Å². The molecule has 1 aromatic heterocycles. The lowest BCUT2D eigenvalue weighted by atomic mass is 10.2. The highest BCUT2D eigenvalue weighted by atomic mass is 32.2. The van der Waals surface area contributed by atoms with E-state index in [0.29, 0.717) is 16.8 Å². The van der Waals surface area contributed by atoms with E-state index in [1.165, 1.54) is 33.4 Å². The number of rotatable bonds is 7. The molecule has 0 atom stereocenters. The summed E-state index contributed by atoms with van der Waals surface area (Å²) < 4.78 is 35.5. The maximum Gasteiger partial charge on any atom is 0.328 e.